The molecule has 1 heterocycles. The summed E-state index contributed by atoms with van der Waals surface area (Å²) < 4.78 is 10.4. The third kappa shape index (κ3) is 1.49. The van der Waals surface area contributed by atoms with Crippen molar-refractivity contribution in [3.63, 3.8) is 0 Å². The van der Waals surface area contributed by atoms with Gasteiger partial charge in [0.1, 0.15) is 22.7 Å². The van der Waals surface area contributed by atoms with E-state index in [1.807, 2.05) is 0 Å². The first-order chi connectivity index (χ1) is 8.72. The molecule has 0 fully saturated rings. The minimum absolute atomic E-state index is 0.0220. The van der Waals surface area contributed by atoms with Crippen LogP contribution in [-0.4, -0.2) is 18.2 Å². The predicted octanol–water partition coefficient (Wildman–Crippen LogP) is 2.80. The van der Waals surface area contributed by atoms with Crippen LogP contribution in [-0.2, 0) is 17.6 Å². The van der Waals surface area contributed by atoms with E-state index in [1.54, 1.807) is 12.1 Å². The molecule has 2 aromatic rings. The minimum Gasteiger partial charge on any atom is -0.506 e. The lowest BCUT2D eigenvalue weighted by atomic mass is 9.95. The van der Waals surface area contributed by atoms with Crippen LogP contribution in [0.4, 0.5) is 0 Å². The summed E-state index contributed by atoms with van der Waals surface area (Å²) in [6.07, 6.45) is 3.98. The van der Waals surface area contributed by atoms with Gasteiger partial charge in [0.15, 0.2) is 0 Å². The Labute approximate surface area is 104 Å². The first kappa shape index (κ1) is 11.1. The summed E-state index contributed by atoms with van der Waals surface area (Å²) >= 11 is 0. The number of ether oxygens (including phenoxy) is 1. The quantitative estimate of drug-likeness (QED) is 0.786. The third-order valence-corrected chi connectivity index (χ3v) is 3.50. The molecule has 94 valence electrons. The van der Waals surface area contributed by atoms with Crippen LogP contribution in [0.5, 0.6) is 5.75 Å². The Morgan fingerprint density at radius 2 is 2.11 bits per heavy atom. The number of aromatic hydroxyl groups is 1. The van der Waals surface area contributed by atoms with E-state index in [9.17, 15) is 9.90 Å². The number of phenols is 1. The van der Waals surface area contributed by atoms with Crippen molar-refractivity contribution in [2.75, 3.05) is 7.11 Å². The molecule has 0 bridgehead atoms. The summed E-state index contributed by atoms with van der Waals surface area (Å²) in [5, 5.41) is 10.9. The lowest BCUT2D eigenvalue weighted by Gasteiger charge is -2.09. The summed E-state index contributed by atoms with van der Waals surface area (Å²) in [6, 6.07) is 3.26. The van der Waals surface area contributed by atoms with E-state index in [-0.39, 0.29) is 11.3 Å². The lowest BCUT2D eigenvalue weighted by Crippen LogP contribution is -2.02. The fourth-order valence-corrected chi connectivity index (χ4v) is 2.61. The van der Waals surface area contributed by atoms with Crippen LogP contribution in [0.3, 0.4) is 0 Å². The molecule has 0 saturated heterocycles. The van der Waals surface area contributed by atoms with Gasteiger partial charge in [-0.15, -0.1) is 0 Å². The van der Waals surface area contributed by atoms with E-state index in [1.165, 1.54) is 7.11 Å². The number of carbonyl (C=O) groups excluding carboxylic acids is 1. The van der Waals surface area contributed by atoms with Crippen LogP contribution >= 0.6 is 0 Å². The maximum atomic E-state index is 11.6. The topological polar surface area (TPSA) is 59.7 Å². The number of fused-ring (bicyclic) bond motifs is 3. The molecular weight excluding hydrogens is 232 g/mol. The standard InChI is InChI=1S/C14H14O4/c1-17-14(16)9-6-7-11-12(13(9)15)8-4-2-3-5-10(8)18-11/h6-7,15H,2-5H2,1H3. The smallest absolute Gasteiger partial charge is 0.341 e. The highest BCUT2D eigenvalue weighted by Gasteiger charge is 2.23. The number of benzene rings is 1. The molecule has 0 amide bonds. The molecule has 4 nitrogen and oxygen atoms in total. The zero-order valence-corrected chi connectivity index (χ0v) is 10.2. The van der Waals surface area contributed by atoms with Crippen molar-refractivity contribution in [1.82, 2.24) is 0 Å². The molecular formula is C14H14O4. The average Bonchev–Trinajstić information content (AvgIpc) is 2.77. The Bertz CT molecular complexity index is 624. The first-order valence-corrected chi connectivity index (χ1v) is 6.07. The second-order valence-electron chi connectivity index (χ2n) is 4.54. The Hall–Kier alpha value is -1.97. The Kier molecular flexibility index (Phi) is 2.51. The number of methoxy groups -OCH3 is 1. The molecule has 0 atom stereocenters. The van der Waals surface area contributed by atoms with Crippen LogP contribution in [0.25, 0.3) is 11.0 Å². The summed E-state index contributed by atoms with van der Waals surface area (Å²) in [6.45, 7) is 0. The van der Waals surface area contributed by atoms with Gasteiger partial charge in [-0.05, 0) is 31.4 Å². The fraction of sp³-hybridized carbons (Fsp3) is 0.357. The number of carbonyl (C=O) groups is 1. The molecule has 0 aliphatic heterocycles. The number of rotatable bonds is 1. The summed E-state index contributed by atoms with van der Waals surface area (Å²) in [5.74, 6) is 0.389. The minimum atomic E-state index is -0.528. The number of hydrogen-bond donors (Lipinski definition) is 1. The molecule has 0 spiro atoms. The van der Waals surface area contributed by atoms with Crippen LogP contribution in [0.2, 0.25) is 0 Å². The Morgan fingerprint density at radius 3 is 2.89 bits per heavy atom. The molecule has 18 heavy (non-hydrogen) atoms. The van der Waals surface area contributed by atoms with Crippen LogP contribution in [0, 0.1) is 0 Å². The van der Waals surface area contributed by atoms with Crippen molar-refractivity contribution < 1.29 is 19.1 Å². The second-order valence-corrected chi connectivity index (χ2v) is 4.54. The molecule has 1 N–H and O–H groups in total. The van der Waals surface area contributed by atoms with Crippen molar-refractivity contribution in [3.8, 4) is 5.75 Å². The maximum absolute atomic E-state index is 11.6. The van der Waals surface area contributed by atoms with Crippen molar-refractivity contribution >= 4 is 16.9 Å². The molecule has 1 aromatic heterocycles. The van der Waals surface area contributed by atoms with Gasteiger partial charge in [0.05, 0.1) is 12.5 Å². The van der Waals surface area contributed by atoms with Gasteiger partial charge in [-0.2, -0.15) is 0 Å². The monoisotopic (exact) mass is 246 g/mol. The van der Waals surface area contributed by atoms with Gasteiger partial charge in [-0.1, -0.05) is 0 Å². The lowest BCUT2D eigenvalue weighted by molar-refractivity contribution is 0.0598. The van der Waals surface area contributed by atoms with Gasteiger partial charge in [0, 0.05) is 12.0 Å². The number of hydrogen-bond acceptors (Lipinski definition) is 4. The van der Waals surface area contributed by atoms with E-state index in [0.29, 0.717) is 11.0 Å². The number of esters is 1. The summed E-state index contributed by atoms with van der Waals surface area (Å²) in [5.41, 5.74) is 1.88. The highest BCUT2D eigenvalue weighted by molar-refractivity contribution is 6.01. The van der Waals surface area contributed by atoms with Crippen molar-refractivity contribution in [2.45, 2.75) is 25.7 Å². The van der Waals surface area contributed by atoms with E-state index in [2.05, 4.69) is 4.74 Å². The SMILES string of the molecule is COC(=O)c1ccc2oc3c(c2c1O)CCCC3. The summed E-state index contributed by atoms with van der Waals surface area (Å²) in [7, 11) is 1.30. The van der Waals surface area contributed by atoms with E-state index in [4.69, 9.17) is 4.42 Å². The molecule has 1 aromatic carbocycles. The van der Waals surface area contributed by atoms with Crippen LogP contribution in [0.1, 0.15) is 34.5 Å². The van der Waals surface area contributed by atoms with Gasteiger partial charge in [-0.3, -0.25) is 0 Å². The molecule has 0 saturated carbocycles. The number of furan rings is 1. The van der Waals surface area contributed by atoms with E-state index < -0.39 is 5.97 Å². The number of aryl methyl sites for hydroxylation is 2. The molecule has 1 aliphatic carbocycles. The Balaban J connectivity index is 2.27. The highest BCUT2D eigenvalue weighted by atomic mass is 16.5. The van der Waals surface area contributed by atoms with Crippen LogP contribution in [0.15, 0.2) is 16.5 Å². The van der Waals surface area contributed by atoms with Gasteiger partial charge in [-0.25, -0.2) is 4.79 Å². The van der Waals surface area contributed by atoms with Crippen molar-refractivity contribution in [1.29, 1.82) is 0 Å². The largest absolute Gasteiger partial charge is 0.506 e. The van der Waals surface area contributed by atoms with Crippen molar-refractivity contribution in [2.24, 2.45) is 0 Å². The maximum Gasteiger partial charge on any atom is 0.341 e. The third-order valence-electron chi connectivity index (χ3n) is 3.50. The molecule has 0 radical (unpaired) electrons. The normalized spacial score (nSPS) is 14.5. The van der Waals surface area contributed by atoms with E-state index in [0.717, 1.165) is 37.0 Å². The molecule has 0 unspecified atom stereocenters. The molecule has 3 rings (SSSR count). The average molecular weight is 246 g/mol. The van der Waals surface area contributed by atoms with Gasteiger partial charge >= 0.3 is 5.97 Å². The van der Waals surface area contributed by atoms with Crippen molar-refractivity contribution in [3.05, 3.63) is 29.0 Å². The predicted molar refractivity (Wildman–Crippen MR) is 65.9 cm³/mol. The van der Waals surface area contributed by atoms with Gasteiger partial charge < -0.3 is 14.3 Å². The first-order valence-electron chi connectivity index (χ1n) is 6.07. The molecule has 1 aliphatic rings. The zero-order valence-electron chi connectivity index (χ0n) is 10.2. The van der Waals surface area contributed by atoms with Gasteiger partial charge in [0.25, 0.3) is 0 Å². The molecule has 4 heteroatoms. The fourth-order valence-electron chi connectivity index (χ4n) is 2.61. The second kappa shape index (κ2) is 4.05. The Morgan fingerprint density at radius 1 is 1.33 bits per heavy atom. The summed E-state index contributed by atoms with van der Waals surface area (Å²) in [4.78, 5) is 11.6. The number of phenolic OH excluding ortho intramolecular Hbond substituents is 1. The highest BCUT2D eigenvalue weighted by Crippen LogP contribution is 2.38. The van der Waals surface area contributed by atoms with Crippen LogP contribution < -0.4 is 0 Å². The zero-order chi connectivity index (χ0) is 12.7. The van der Waals surface area contributed by atoms with E-state index >= 15 is 0 Å². The van der Waals surface area contributed by atoms with Gasteiger partial charge in [0.2, 0.25) is 0 Å².